The third-order valence-electron chi connectivity index (χ3n) is 4.19. The smallest absolute Gasteiger partial charge is 0.270 e. The summed E-state index contributed by atoms with van der Waals surface area (Å²) in [6.45, 7) is 0.997. The van der Waals surface area contributed by atoms with Gasteiger partial charge in [0.15, 0.2) is 0 Å². The molecular formula is C20H20N4O6-2. The Morgan fingerprint density at radius 1 is 0.700 bits per heavy atom. The van der Waals surface area contributed by atoms with E-state index in [1.54, 1.807) is 0 Å². The molecule has 30 heavy (non-hydrogen) atoms. The van der Waals surface area contributed by atoms with Crippen LogP contribution >= 0.6 is 0 Å². The van der Waals surface area contributed by atoms with Crippen molar-refractivity contribution >= 4 is 23.8 Å². The van der Waals surface area contributed by atoms with E-state index in [9.17, 15) is 30.4 Å². The fourth-order valence-electron chi connectivity index (χ4n) is 2.59. The summed E-state index contributed by atoms with van der Waals surface area (Å²) in [4.78, 5) is 28.6. The first-order valence-electron chi connectivity index (χ1n) is 9.29. The average Bonchev–Trinajstić information content (AvgIpc) is 2.71. The lowest BCUT2D eigenvalue weighted by molar-refractivity contribution is -0.385. The molecule has 158 valence electrons. The summed E-state index contributed by atoms with van der Waals surface area (Å²) in [7, 11) is 0. The molecule has 0 fully saturated rings. The third kappa shape index (κ3) is 6.97. The molecular weight excluding hydrogens is 392 g/mol. The van der Waals surface area contributed by atoms with Gasteiger partial charge in [-0.25, -0.2) is 0 Å². The van der Waals surface area contributed by atoms with Crippen LogP contribution in [0.15, 0.2) is 46.4 Å². The first-order chi connectivity index (χ1) is 14.4. The summed E-state index contributed by atoms with van der Waals surface area (Å²) >= 11 is 0. The van der Waals surface area contributed by atoms with E-state index in [-0.39, 0.29) is 34.0 Å². The number of hydrogen-bond donors (Lipinski definition) is 0. The standard InChI is InChI=1S/C20H22N4O6/c25-19-7-5-17(23(27)28)11-15(19)13-21-9-3-1-2-4-10-22-14-16-12-18(24(29)30)6-8-20(16)26/h5-8,11-14,25-26H,1-4,9-10H2/p-2. The summed E-state index contributed by atoms with van der Waals surface area (Å²) in [6.07, 6.45) is 6.07. The molecule has 0 bridgehead atoms. The largest absolute Gasteiger partial charge is 0.872 e. The molecule has 0 saturated carbocycles. The van der Waals surface area contributed by atoms with E-state index in [0.29, 0.717) is 13.1 Å². The minimum absolute atomic E-state index is 0.147. The third-order valence-corrected chi connectivity index (χ3v) is 4.19. The molecule has 0 saturated heterocycles. The fourth-order valence-corrected chi connectivity index (χ4v) is 2.59. The van der Waals surface area contributed by atoms with Gasteiger partial charge in [0.1, 0.15) is 0 Å². The average molecular weight is 412 g/mol. The maximum absolute atomic E-state index is 11.7. The van der Waals surface area contributed by atoms with Gasteiger partial charge in [-0.3, -0.25) is 30.2 Å². The Morgan fingerprint density at radius 3 is 1.47 bits per heavy atom. The zero-order valence-electron chi connectivity index (χ0n) is 16.1. The van der Waals surface area contributed by atoms with Gasteiger partial charge in [-0.1, -0.05) is 36.5 Å². The Labute approximate surface area is 172 Å². The van der Waals surface area contributed by atoms with Crippen LogP contribution in [0.4, 0.5) is 11.4 Å². The Morgan fingerprint density at radius 2 is 1.10 bits per heavy atom. The highest BCUT2D eigenvalue weighted by Gasteiger charge is 2.06. The van der Waals surface area contributed by atoms with Gasteiger partial charge in [0, 0.05) is 49.8 Å². The van der Waals surface area contributed by atoms with Gasteiger partial charge >= 0.3 is 0 Å². The molecule has 2 aromatic rings. The Bertz CT molecular complexity index is 881. The zero-order valence-corrected chi connectivity index (χ0v) is 16.1. The molecule has 10 nitrogen and oxygen atoms in total. The maximum atomic E-state index is 11.7. The zero-order chi connectivity index (χ0) is 21.9. The highest BCUT2D eigenvalue weighted by molar-refractivity contribution is 5.84. The summed E-state index contributed by atoms with van der Waals surface area (Å²) < 4.78 is 0. The molecule has 2 rings (SSSR count). The molecule has 0 aliphatic carbocycles. The van der Waals surface area contributed by atoms with Crippen molar-refractivity contribution in [3.05, 3.63) is 67.8 Å². The second-order valence-corrected chi connectivity index (χ2v) is 6.44. The molecule has 0 aliphatic rings. The van der Waals surface area contributed by atoms with Crippen molar-refractivity contribution in [3.8, 4) is 11.5 Å². The second-order valence-electron chi connectivity index (χ2n) is 6.44. The SMILES string of the molecule is O=[N+]([O-])c1ccc([O-])c(C=NCCCCCCN=Cc2cc([N+](=O)[O-])ccc2[O-])c1. The summed E-state index contributed by atoms with van der Waals surface area (Å²) in [6, 6.07) is 7.06. The number of non-ortho nitro benzene ring substituents is 2. The van der Waals surface area contributed by atoms with E-state index in [1.807, 2.05) is 0 Å². The maximum Gasteiger partial charge on any atom is 0.270 e. The van der Waals surface area contributed by atoms with Gasteiger partial charge < -0.3 is 10.2 Å². The van der Waals surface area contributed by atoms with Crippen molar-refractivity contribution < 1.29 is 20.1 Å². The van der Waals surface area contributed by atoms with Crippen LogP contribution in [-0.4, -0.2) is 35.4 Å². The van der Waals surface area contributed by atoms with E-state index in [4.69, 9.17) is 0 Å². The van der Waals surface area contributed by atoms with Crippen LogP contribution in [0.2, 0.25) is 0 Å². The van der Waals surface area contributed by atoms with Crippen LogP contribution in [0, 0.1) is 20.2 Å². The lowest BCUT2D eigenvalue weighted by atomic mass is 10.2. The number of unbranched alkanes of at least 4 members (excludes halogenated alkanes) is 3. The number of nitro benzene ring substituents is 2. The first kappa shape index (κ1) is 22.5. The Balaban J connectivity index is 1.67. The first-order valence-corrected chi connectivity index (χ1v) is 9.29. The van der Waals surface area contributed by atoms with E-state index in [2.05, 4.69) is 9.98 Å². The van der Waals surface area contributed by atoms with Gasteiger partial charge in [-0.05, 0) is 24.0 Å². The topological polar surface area (TPSA) is 157 Å². The monoisotopic (exact) mass is 412 g/mol. The Hall–Kier alpha value is -3.82. The van der Waals surface area contributed by atoms with Gasteiger partial charge in [0.05, 0.1) is 9.85 Å². The molecule has 0 aromatic heterocycles. The summed E-state index contributed by atoms with van der Waals surface area (Å²) in [5.41, 5.74) is 0.0893. The molecule has 0 heterocycles. The molecule has 2 aromatic carbocycles. The lowest BCUT2D eigenvalue weighted by Gasteiger charge is -2.08. The highest BCUT2D eigenvalue weighted by atomic mass is 16.6. The van der Waals surface area contributed by atoms with E-state index in [0.717, 1.165) is 37.8 Å². The minimum atomic E-state index is -0.559. The van der Waals surface area contributed by atoms with Crippen LogP contribution in [0.1, 0.15) is 36.8 Å². The molecule has 0 amide bonds. The van der Waals surface area contributed by atoms with Crippen molar-refractivity contribution in [3.63, 3.8) is 0 Å². The molecule has 0 aliphatic heterocycles. The van der Waals surface area contributed by atoms with Crippen LogP contribution in [0.3, 0.4) is 0 Å². The number of nitrogens with zero attached hydrogens (tertiary/aromatic N) is 4. The van der Waals surface area contributed by atoms with Gasteiger partial charge in [-0.2, -0.15) is 0 Å². The van der Waals surface area contributed by atoms with Crippen molar-refractivity contribution in [2.75, 3.05) is 13.1 Å². The number of aliphatic imine (C=N–C) groups is 2. The number of rotatable bonds is 11. The van der Waals surface area contributed by atoms with E-state index < -0.39 is 9.85 Å². The van der Waals surface area contributed by atoms with Crippen LogP contribution in [-0.2, 0) is 0 Å². The second kappa shape index (κ2) is 11.2. The minimum Gasteiger partial charge on any atom is -0.872 e. The highest BCUT2D eigenvalue weighted by Crippen LogP contribution is 2.20. The molecule has 0 radical (unpaired) electrons. The van der Waals surface area contributed by atoms with Gasteiger partial charge in [-0.15, -0.1) is 0 Å². The quantitative estimate of drug-likeness (QED) is 0.239. The number of hydrogen-bond acceptors (Lipinski definition) is 8. The van der Waals surface area contributed by atoms with Crippen LogP contribution < -0.4 is 10.2 Å². The van der Waals surface area contributed by atoms with E-state index >= 15 is 0 Å². The molecule has 0 spiro atoms. The fraction of sp³-hybridized carbons (Fsp3) is 0.300. The van der Waals surface area contributed by atoms with Crippen LogP contribution in [0.5, 0.6) is 11.5 Å². The van der Waals surface area contributed by atoms with Gasteiger partial charge in [0.2, 0.25) is 0 Å². The van der Waals surface area contributed by atoms with E-state index in [1.165, 1.54) is 36.7 Å². The molecule has 10 heteroatoms. The number of benzene rings is 2. The predicted octanol–water partition coefficient (Wildman–Crippen LogP) is 2.75. The van der Waals surface area contributed by atoms with Crippen molar-refractivity contribution in [2.45, 2.75) is 25.7 Å². The molecule has 0 N–H and O–H groups in total. The predicted molar refractivity (Wildman–Crippen MR) is 108 cm³/mol. The molecule has 0 atom stereocenters. The van der Waals surface area contributed by atoms with Crippen molar-refractivity contribution in [2.24, 2.45) is 9.98 Å². The Kier molecular flexibility index (Phi) is 8.42. The van der Waals surface area contributed by atoms with Gasteiger partial charge in [0.25, 0.3) is 11.4 Å². The van der Waals surface area contributed by atoms with Crippen molar-refractivity contribution in [1.82, 2.24) is 0 Å². The normalized spacial score (nSPS) is 11.3. The number of nitro groups is 2. The lowest BCUT2D eigenvalue weighted by Crippen LogP contribution is -1.98. The van der Waals surface area contributed by atoms with Crippen LogP contribution in [0.25, 0.3) is 0 Å². The van der Waals surface area contributed by atoms with Crippen molar-refractivity contribution in [1.29, 1.82) is 0 Å². The summed E-state index contributed by atoms with van der Waals surface area (Å²) in [5.74, 6) is -0.626. The molecule has 0 unspecified atom stereocenters. The summed E-state index contributed by atoms with van der Waals surface area (Å²) in [5, 5.41) is 44.8.